The number of carbonyl (C=O) groups excluding carboxylic acids is 1. The van der Waals surface area contributed by atoms with Gasteiger partial charge in [-0.05, 0) is 48.8 Å². The van der Waals surface area contributed by atoms with Crippen molar-refractivity contribution >= 4 is 55.6 Å². The molecular formula is C20H20N4O4S2. The van der Waals surface area contributed by atoms with Crippen LogP contribution >= 0.6 is 23.6 Å². The van der Waals surface area contributed by atoms with Crippen molar-refractivity contribution in [1.82, 2.24) is 10.3 Å². The van der Waals surface area contributed by atoms with Crippen LogP contribution in [0.1, 0.15) is 25.3 Å². The number of carbonyl (C=O) groups is 1. The van der Waals surface area contributed by atoms with Gasteiger partial charge in [0.15, 0.2) is 22.6 Å². The van der Waals surface area contributed by atoms with Crippen LogP contribution in [0, 0.1) is 10.1 Å². The summed E-state index contributed by atoms with van der Waals surface area (Å²) < 4.78 is 6.29. The van der Waals surface area contributed by atoms with Gasteiger partial charge >= 0.3 is 5.69 Å². The summed E-state index contributed by atoms with van der Waals surface area (Å²) in [6, 6.07) is 12.0. The van der Waals surface area contributed by atoms with Gasteiger partial charge in [0.25, 0.3) is 5.91 Å². The van der Waals surface area contributed by atoms with Gasteiger partial charge in [0.1, 0.15) is 0 Å². The zero-order valence-electron chi connectivity index (χ0n) is 16.2. The molecule has 1 amide bonds. The molecule has 1 aromatic heterocycles. The summed E-state index contributed by atoms with van der Waals surface area (Å²) in [4.78, 5) is 26.9. The van der Waals surface area contributed by atoms with Crippen molar-refractivity contribution in [1.29, 1.82) is 0 Å². The van der Waals surface area contributed by atoms with E-state index in [1.54, 1.807) is 6.07 Å². The van der Waals surface area contributed by atoms with E-state index in [4.69, 9.17) is 17.0 Å². The van der Waals surface area contributed by atoms with Crippen molar-refractivity contribution in [3.8, 4) is 5.75 Å². The number of hydrogen-bond donors (Lipinski definition) is 2. The van der Waals surface area contributed by atoms with Gasteiger partial charge in [-0.3, -0.25) is 20.2 Å². The number of nitro benzene ring substituents is 1. The third-order valence-corrected chi connectivity index (χ3v) is 5.30. The Bertz CT molecular complexity index is 1080. The Morgan fingerprint density at radius 1 is 1.30 bits per heavy atom. The maximum Gasteiger partial charge on any atom is 0.310 e. The number of hydrogen-bond acceptors (Lipinski definition) is 7. The number of unbranched alkanes of at least 4 members (excludes halogenated alkanes) is 1. The van der Waals surface area contributed by atoms with E-state index < -0.39 is 17.4 Å². The second kappa shape index (κ2) is 10.1. The van der Waals surface area contributed by atoms with E-state index in [-0.39, 0.29) is 16.5 Å². The van der Waals surface area contributed by atoms with Crippen LogP contribution in [0.25, 0.3) is 10.2 Å². The number of aromatic nitrogens is 1. The van der Waals surface area contributed by atoms with E-state index in [0.717, 1.165) is 29.5 Å². The number of benzene rings is 2. The fourth-order valence-electron chi connectivity index (χ4n) is 2.72. The number of nitrogens with zero attached hydrogens (tertiary/aromatic N) is 2. The molecule has 0 aliphatic rings. The lowest BCUT2D eigenvalue weighted by molar-refractivity contribution is -0.385. The summed E-state index contributed by atoms with van der Waals surface area (Å²) in [5.74, 6) is -0.518. The van der Waals surface area contributed by atoms with E-state index in [1.165, 1.54) is 35.1 Å². The molecule has 0 saturated heterocycles. The molecule has 30 heavy (non-hydrogen) atoms. The minimum absolute atomic E-state index is 0.0153. The van der Waals surface area contributed by atoms with Gasteiger partial charge in [-0.1, -0.05) is 42.9 Å². The number of anilines is 1. The number of thiazole rings is 1. The first-order chi connectivity index (χ1) is 14.5. The Hall–Kier alpha value is -3.11. The molecule has 2 N–H and O–H groups in total. The van der Waals surface area contributed by atoms with Crippen molar-refractivity contribution in [3.05, 3.63) is 58.1 Å². The lowest BCUT2D eigenvalue weighted by Crippen LogP contribution is -2.37. The minimum Gasteiger partial charge on any atom is -0.477 e. The first kappa shape index (κ1) is 21.6. The Labute approximate surface area is 182 Å². The highest BCUT2D eigenvalue weighted by Gasteiger charge is 2.15. The van der Waals surface area contributed by atoms with Gasteiger partial charge < -0.3 is 10.1 Å². The molecule has 1 heterocycles. The van der Waals surface area contributed by atoms with Crippen LogP contribution in [0.15, 0.2) is 42.5 Å². The quantitative estimate of drug-likeness (QED) is 0.300. The molecule has 0 fully saturated rings. The molecule has 0 atom stereocenters. The number of nitro groups is 1. The summed E-state index contributed by atoms with van der Waals surface area (Å²) in [5.41, 5.74) is 1.91. The second-order valence-electron chi connectivity index (χ2n) is 6.44. The summed E-state index contributed by atoms with van der Waals surface area (Å²) in [5, 5.41) is 17.0. The van der Waals surface area contributed by atoms with Crippen LogP contribution in [0.2, 0.25) is 0 Å². The molecule has 0 saturated carbocycles. The van der Waals surface area contributed by atoms with Gasteiger partial charge in [0, 0.05) is 6.07 Å². The molecule has 0 radical (unpaired) electrons. The molecule has 3 rings (SSSR count). The molecule has 3 aromatic rings. The highest BCUT2D eigenvalue weighted by atomic mass is 32.1. The molecule has 0 unspecified atom stereocenters. The van der Waals surface area contributed by atoms with Crippen LogP contribution in [0.3, 0.4) is 0 Å². The topological polar surface area (TPSA) is 106 Å². The molecule has 156 valence electrons. The molecule has 8 nitrogen and oxygen atoms in total. The lowest BCUT2D eigenvalue weighted by atomic mass is 10.1. The maximum absolute atomic E-state index is 12.1. The van der Waals surface area contributed by atoms with E-state index >= 15 is 0 Å². The predicted molar refractivity (Wildman–Crippen MR) is 121 cm³/mol. The van der Waals surface area contributed by atoms with Crippen molar-refractivity contribution in [2.75, 3.05) is 11.9 Å². The van der Waals surface area contributed by atoms with Gasteiger partial charge in [-0.2, -0.15) is 0 Å². The highest BCUT2D eigenvalue weighted by Crippen LogP contribution is 2.27. The smallest absolute Gasteiger partial charge is 0.310 e. The van der Waals surface area contributed by atoms with Crippen molar-refractivity contribution in [2.45, 2.75) is 26.2 Å². The van der Waals surface area contributed by atoms with Crippen LogP contribution < -0.4 is 15.4 Å². The first-order valence-corrected chi connectivity index (χ1v) is 10.5. The number of aryl methyl sites for hydroxylation is 1. The number of thiocarbonyl (C=S) groups is 1. The fourth-order valence-corrected chi connectivity index (χ4v) is 3.93. The number of fused-ring (bicyclic) bond motifs is 1. The van der Waals surface area contributed by atoms with Gasteiger partial charge in [-0.25, -0.2) is 4.98 Å². The second-order valence-corrected chi connectivity index (χ2v) is 7.88. The Balaban J connectivity index is 1.55. The van der Waals surface area contributed by atoms with Crippen LogP contribution in [0.4, 0.5) is 10.8 Å². The zero-order valence-corrected chi connectivity index (χ0v) is 17.8. The van der Waals surface area contributed by atoms with E-state index in [1.807, 2.05) is 6.07 Å². The average molecular weight is 445 g/mol. The van der Waals surface area contributed by atoms with Crippen molar-refractivity contribution in [2.24, 2.45) is 0 Å². The number of para-hydroxylation sites is 2. The van der Waals surface area contributed by atoms with E-state index in [2.05, 4.69) is 34.7 Å². The third-order valence-electron chi connectivity index (χ3n) is 4.17. The van der Waals surface area contributed by atoms with Gasteiger partial charge in [-0.15, -0.1) is 0 Å². The van der Waals surface area contributed by atoms with Crippen molar-refractivity contribution in [3.63, 3.8) is 0 Å². The third kappa shape index (κ3) is 5.71. The average Bonchev–Trinajstić information content (AvgIpc) is 3.12. The standard InChI is InChI=1S/C20H20N4O4S2/c1-2-3-6-13-9-10-14-17(11-13)30-20(21-14)23-19(29)22-18(25)12-28-16-8-5-4-7-15(16)24(26)27/h4-5,7-11H,2-3,6,12H2,1H3,(H2,21,22,23,25,29). The van der Waals surface area contributed by atoms with Crippen molar-refractivity contribution < 1.29 is 14.5 Å². The highest BCUT2D eigenvalue weighted by molar-refractivity contribution is 7.80. The number of ether oxygens (including phenoxy) is 1. The summed E-state index contributed by atoms with van der Waals surface area (Å²) >= 11 is 6.61. The Morgan fingerprint density at radius 2 is 2.10 bits per heavy atom. The monoisotopic (exact) mass is 444 g/mol. The molecule has 0 aliphatic carbocycles. The van der Waals surface area contributed by atoms with Gasteiger partial charge in [0.05, 0.1) is 15.1 Å². The van der Waals surface area contributed by atoms with Crippen LogP contribution in [-0.2, 0) is 11.2 Å². The molecule has 0 spiro atoms. The first-order valence-electron chi connectivity index (χ1n) is 9.32. The largest absolute Gasteiger partial charge is 0.477 e. The summed E-state index contributed by atoms with van der Waals surface area (Å²) in [6.45, 7) is 1.75. The predicted octanol–water partition coefficient (Wildman–Crippen LogP) is 4.44. The number of rotatable bonds is 8. The maximum atomic E-state index is 12.1. The molecular weight excluding hydrogens is 424 g/mol. The summed E-state index contributed by atoms with van der Waals surface area (Å²) in [7, 11) is 0. The number of amides is 1. The van der Waals surface area contributed by atoms with Crippen LogP contribution in [-0.4, -0.2) is 27.5 Å². The molecule has 2 aromatic carbocycles. The zero-order chi connectivity index (χ0) is 21.5. The van der Waals surface area contributed by atoms with E-state index in [9.17, 15) is 14.9 Å². The Kier molecular flexibility index (Phi) is 7.26. The van der Waals surface area contributed by atoms with Crippen LogP contribution in [0.5, 0.6) is 5.75 Å². The Morgan fingerprint density at radius 3 is 2.87 bits per heavy atom. The minimum atomic E-state index is -0.569. The normalized spacial score (nSPS) is 10.6. The molecule has 10 heteroatoms. The SMILES string of the molecule is CCCCc1ccc2nc(NC(=S)NC(=O)COc3ccccc3[N+](=O)[O-])sc2c1. The van der Waals surface area contributed by atoms with E-state index in [0.29, 0.717) is 5.13 Å². The fraction of sp³-hybridized carbons (Fsp3) is 0.250. The number of nitrogens with one attached hydrogen (secondary N) is 2. The van der Waals surface area contributed by atoms with Gasteiger partial charge in [0.2, 0.25) is 0 Å². The molecule has 0 bridgehead atoms. The molecule has 0 aliphatic heterocycles. The lowest BCUT2D eigenvalue weighted by Gasteiger charge is -2.08. The summed E-state index contributed by atoms with van der Waals surface area (Å²) in [6.07, 6.45) is 3.31.